The van der Waals surface area contributed by atoms with E-state index in [1.54, 1.807) is 0 Å². The van der Waals surface area contributed by atoms with Gasteiger partial charge in [-0.3, -0.25) is 10.2 Å². The molecule has 25 heavy (non-hydrogen) atoms. The molecule has 1 N–H and O–H groups in total. The van der Waals surface area contributed by atoms with Crippen molar-refractivity contribution in [2.24, 2.45) is 11.8 Å². The summed E-state index contributed by atoms with van der Waals surface area (Å²) in [6.45, 7) is 11.7. The fourth-order valence-corrected chi connectivity index (χ4v) is 4.26. The average Bonchev–Trinajstić information content (AvgIpc) is 2.60. The zero-order valence-corrected chi connectivity index (χ0v) is 16.0. The van der Waals surface area contributed by atoms with E-state index in [9.17, 15) is 4.79 Å². The minimum atomic E-state index is -0.349. The Kier molecular flexibility index (Phi) is 5.38. The summed E-state index contributed by atoms with van der Waals surface area (Å²) >= 11 is 0. The smallest absolute Gasteiger partial charge is 0.411 e. The highest BCUT2D eigenvalue weighted by Crippen LogP contribution is 2.37. The van der Waals surface area contributed by atoms with Crippen molar-refractivity contribution in [2.75, 3.05) is 25.0 Å². The Labute approximate surface area is 151 Å². The largest absolute Gasteiger partial charge is 0.448 e. The number of carbonyl (C=O) groups is 1. The van der Waals surface area contributed by atoms with E-state index in [1.807, 2.05) is 12.1 Å². The van der Waals surface area contributed by atoms with Crippen molar-refractivity contribution < 1.29 is 9.53 Å². The van der Waals surface area contributed by atoms with Crippen molar-refractivity contribution >= 4 is 11.8 Å². The maximum atomic E-state index is 12.1. The molecule has 0 aliphatic carbocycles. The number of anilines is 1. The summed E-state index contributed by atoms with van der Waals surface area (Å²) in [5.74, 6) is 1.65. The van der Waals surface area contributed by atoms with Crippen LogP contribution < -0.4 is 5.32 Å². The Morgan fingerprint density at radius 1 is 1.28 bits per heavy atom. The number of amides is 1. The molecule has 3 heterocycles. The van der Waals surface area contributed by atoms with Crippen LogP contribution in [0, 0.1) is 11.8 Å². The predicted molar refractivity (Wildman–Crippen MR) is 102 cm³/mol. The number of nitrogens with one attached hydrogen (secondary N) is 1. The Morgan fingerprint density at radius 2 is 2.00 bits per heavy atom. The first-order valence-electron chi connectivity index (χ1n) is 9.65. The summed E-state index contributed by atoms with van der Waals surface area (Å²) in [4.78, 5) is 14.6. The van der Waals surface area contributed by atoms with Crippen LogP contribution >= 0.6 is 0 Å². The van der Waals surface area contributed by atoms with Crippen molar-refractivity contribution in [1.29, 1.82) is 0 Å². The van der Waals surface area contributed by atoms with Gasteiger partial charge in [-0.15, -0.1) is 0 Å². The molecule has 3 saturated heterocycles. The number of piperidine rings is 3. The molecule has 1 amide bonds. The second-order valence-corrected chi connectivity index (χ2v) is 8.65. The van der Waals surface area contributed by atoms with Crippen molar-refractivity contribution in [2.45, 2.75) is 58.4 Å². The lowest BCUT2D eigenvalue weighted by Crippen LogP contribution is -2.54. The van der Waals surface area contributed by atoms with E-state index in [2.05, 4.69) is 50.0 Å². The van der Waals surface area contributed by atoms with Crippen LogP contribution in [0.3, 0.4) is 0 Å². The maximum Gasteiger partial charge on any atom is 0.411 e. The summed E-state index contributed by atoms with van der Waals surface area (Å²) in [5.41, 5.74) is 2.15. The van der Waals surface area contributed by atoms with Gasteiger partial charge in [0, 0.05) is 18.3 Å². The highest BCUT2D eigenvalue weighted by Gasteiger charge is 2.39. The van der Waals surface area contributed by atoms with Gasteiger partial charge in [-0.25, -0.2) is 4.79 Å². The van der Waals surface area contributed by atoms with Gasteiger partial charge in [0.2, 0.25) is 0 Å². The zero-order valence-electron chi connectivity index (χ0n) is 16.0. The molecule has 0 spiro atoms. The van der Waals surface area contributed by atoms with Crippen LogP contribution in [0.1, 0.15) is 52.5 Å². The van der Waals surface area contributed by atoms with Gasteiger partial charge in [-0.2, -0.15) is 0 Å². The second-order valence-electron chi connectivity index (χ2n) is 8.65. The predicted octanol–water partition coefficient (Wildman–Crippen LogP) is 4.65. The van der Waals surface area contributed by atoms with E-state index in [0.29, 0.717) is 12.6 Å². The number of fused-ring (bicyclic) bond motifs is 3. The van der Waals surface area contributed by atoms with Crippen LogP contribution in [0.2, 0.25) is 0 Å². The highest BCUT2D eigenvalue weighted by atomic mass is 16.5. The van der Waals surface area contributed by atoms with Gasteiger partial charge in [0.1, 0.15) is 6.61 Å². The molecular weight excluding hydrogens is 312 g/mol. The fraction of sp³-hybridized carbons (Fsp3) is 0.667. The second kappa shape index (κ2) is 7.36. The molecule has 0 radical (unpaired) electrons. The minimum Gasteiger partial charge on any atom is -0.448 e. The van der Waals surface area contributed by atoms with E-state index in [1.165, 1.54) is 31.4 Å². The summed E-state index contributed by atoms with van der Waals surface area (Å²) in [6, 6.07) is 8.41. The van der Waals surface area contributed by atoms with E-state index >= 15 is 0 Å². The van der Waals surface area contributed by atoms with Crippen LogP contribution in [0.4, 0.5) is 10.5 Å². The Morgan fingerprint density at radius 3 is 2.56 bits per heavy atom. The lowest BCUT2D eigenvalue weighted by atomic mass is 9.75. The molecule has 0 saturated carbocycles. The first-order valence-corrected chi connectivity index (χ1v) is 9.65. The molecule has 4 rings (SSSR count). The monoisotopic (exact) mass is 344 g/mol. The molecule has 3 aliphatic rings. The molecule has 2 bridgehead atoms. The fourth-order valence-electron chi connectivity index (χ4n) is 4.26. The third-order valence-electron chi connectivity index (χ3n) is 5.94. The Bertz CT molecular complexity index is 591. The first kappa shape index (κ1) is 18.2. The van der Waals surface area contributed by atoms with Crippen LogP contribution in [0.25, 0.3) is 0 Å². The molecule has 1 aromatic rings. The third-order valence-corrected chi connectivity index (χ3v) is 5.94. The molecule has 4 heteroatoms. The summed E-state index contributed by atoms with van der Waals surface area (Å²) in [6.07, 6.45) is 3.39. The van der Waals surface area contributed by atoms with Gasteiger partial charge < -0.3 is 4.74 Å². The van der Waals surface area contributed by atoms with Gasteiger partial charge in [0.15, 0.2) is 0 Å². The maximum absolute atomic E-state index is 12.1. The summed E-state index contributed by atoms with van der Waals surface area (Å²) in [5, 5.41) is 2.84. The normalized spacial score (nSPS) is 28.6. The third kappa shape index (κ3) is 4.35. The lowest BCUT2D eigenvalue weighted by molar-refractivity contribution is -0.0240. The lowest BCUT2D eigenvalue weighted by Gasteiger charge is -2.49. The topological polar surface area (TPSA) is 41.6 Å². The Balaban J connectivity index is 1.47. The van der Waals surface area contributed by atoms with E-state index in [0.717, 1.165) is 24.1 Å². The standard InChI is InChI=1S/C21H32N2O2/c1-5-15-13-23-11-10-16(15)12-19(23)14-25-20(24)22-18-8-6-17(7-9-18)21(2,3)4/h6-9,15-16,19H,5,10-14H2,1-4H3,(H,22,24)/t15-,16+,19-/m1/s1. The molecule has 3 aliphatic heterocycles. The Hall–Kier alpha value is -1.55. The quantitative estimate of drug-likeness (QED) is 0.864. The van der Waals surface area contributed by atoms with Gasteiger partial charge >= 0.3 is 6.09 Å². The van der Waals surface area contributed by atoms with Crippen molar-refractivity contribution in [1.82, 2.24) is 4.90 Å². The van der Waals surface area contributed by atoms with Crippen LogP contribution in [-0.2, 0) is 10.2 Å². The summed E-state index contributed by atoms with van der Waals surface area (Å²) in [7, 11) is 0. The number of benzene rings is 1. The van der Waals surface area contributed by atoms with Crippen molar-refractivity contribution in [3.63, 3.8) is 0 Å². The van der Waals surface area contributed by atoms with E-state index < -0.39 is 0 Å². The molecule has 138 valence electrons. The number of rotatable bonds is 4. The first-order chi connectivity index (χ1) is 11.9. The van der Waals surface area contributed by atoms with Crippen LogP contribution in [0.5, 0.6) is 0 Å². The van der Waals surface area contributed by atoms with Gasteiger partial charge in [0.25, 0.3) is 0 Å². The molecular formula is C21H32N2O2. The van der Waals surface area contributed by atoms with E-state index in [-0.39, 0.29) is 11.5 Å². The minimum absolute atomic E-state index is 0.115. The van der Waals surface area contributed by atoms with Gasteiger partial charge in [-0.05, 0) is 54.3 Å². The van der Waals surface area contributed by atoms with Crippen molar-refractivity contribution in [3.8, 4) is 0 Å². The average molecular weight is 344 g/mol. The molecule has 1 unspecified atom stereocenters. The van der Waals surface area contributed by atoms with E-state index in [4.69, 9.17) is 4.74 Å². The molecule has 3 fully saturated rings. The van der Waals surface area contributed by atoms with Gasteiger partial charge in [0.05, 0.1) is 0 Å². The summed E-state index contributed by atoms with van der Waals surface area (Å²) < 4.78 is 5.51. The number of nitrogens with zero attached hydrogens (tertiary/aromatic N) is 1. The van der Waals surface area contributed by atoms with Crippen LogP contribution in [-0.4, -0.2) is 36.7 Å². The number of carbonyl (C=O) groups excluding carboxylic acids is 1. The molecule has 0 aromatic heterocycles. The van der Waals surface area contributed by atoms with Crippen molar-refractivity contribution in [3.05, 3.63) is 29.8 Å². The SMILES string of the molecule is CC[C@@H]1CN2CC[C@H]1C[C@@H]2COC(=O)Nc1ccc(C(C)(C)C)cc1. The highest BCUT2D eigenvalue weighted by molar-refractivity contribution is 5.84. The van der Waals surface area contributed by atoms with Crippen LogP contribution in [0.15, 0.2) is 24.3 Å². The van der Waals surface area contributed by atoms with Gasteiger partial charge in [-0.1, -0.05) is 46.2 Å². The molecule has 4 nitrogen and oxygen atoms in total. The number of hydrogen-bond donors (Lipinski definition) is 1. The number of hydrogen-bond acceptors (Lipinski definition) is 3. The molecule has 4 atom stereocenters. The zero-order chi connectivity index (χ0) is 18.0. The number of ether oxygens (including phenoxy) is 1. The molecule has 1 aromatic carbocycles.